The first kappa shape index (κ1) is 17.5. The van der Waals surface area contributed by atoms with Gasteiger partial charge in [0.2, 0.25) is 0 Å². The summed E-state index contributed by atoms with van der Waals surface area (Å²) in [5, 5.41) is 5.35. The Morgan fingerprint density at radius 2 is 1.91 bits per heavy atom. The van der Waals surface area contributed by atoms with Gasteiger partial charge in [-0.1, -0.05) is 18.2 Å². The highest BCUT2D eigenvalue weighted by Crippen LogP contribution is 2.24. The Labute approximate surface area is 137 Å². The lowest BCUT2D eigenvalue weighted by Gasteiger charge is -2.20. The van der Waals surface area contributed by atoms with Gasteiger partial charge in [-0.2, -0.15) is 0 Å². The number of nitrogens with one attached hydrogen (secondary N) is 2. The van der Waals surface area contributed by atoms with E-state index >= 15 is 0 Å². The highest BCUT2D eigenvalue weighted by Gasteiger charge is 2.18. The van der Waals surface area contributed by atoms with Crippen LogP contribution in [0, 0.1) is 0 Å². The number of carbonyl (C=O) groups is 2. The molecule has 0 aromatic heterocycles. The van der Waals surface area contributed by atoms with Crippen molar-refractivity contribution in [3.05, 3.63) is 34.9 Å². The highest BCUT2D eigenvalue weighted by atomic mass is 16.5. The summed E-state index contributed by atoms with van der Waals surface area (Å²) in [6.45, 7) is 2.90. The highest BCUT2D eigenvalue weighted by molar-refractivity contribution is 6.35. The van der Waals surface area contributed by atoms with Crippen molar-refractivity contribution in [3.63, 3.8) is 0 Å². The van der Waals surface area contributed by atoms with E-state index < -0.39 is 11.8 Å². The standard InChI is InChI=1S/C18H26N2O3/c1-13(20-18(22)17(21)19-10-5-11-23-2)15-9-8-14-6-3-4-7-16(14)12-15/h8-9,12-13H,3-7,10-11H2,1-2H3,(H,19,21)(H,20,22). The molecular weight excluding hydrogens is 292 g/mol. The number of carbonyl (C=O) groups excluding carboxylic acids is 2. The van der Waals surface area contributed by atoms with Crippen molar-refractivity contribution in [3.8, 4) is 0 Å². The smallest absolute Gasteiger partial charge is 0.309 e. The van der Waals surface area contributed by atoms with Gasteiger partial charge >= 0.3 is 11.8 Å². The Bertz CT molecular complexity index is 557. The van der Waals surface area contributed by atoms with Crippen LogP contribution in [0.15, 0.2) is 18.2 Å². The molecule has 5 heteroatoms. The van der Waals surface area contributed by atoms with E-state index in [2.05, 4.69) is 22.8 Å². The fourth-order valence-corrected chi connectivity index (χ4v) is 2.87. The Balaban J connectivity index is 1.87. The molecule has 23 heavy (non-hydrogen) atoms. The first-order chi connectivity index (χ1) is 11.1. The van der Waals surface area contributed by atoms with Crippen molar-refractivity contribution < 1.29 is 14.3 Å². The summed E-state index contributed by atoms with van der Waals surface area (Å²) in [7, 11) is 1.61. The third kappa shape index (κ3) is 5.06. The molecule has 0 bridgehead atoms. The lowest BCUT2D eigenvalue weighted by molar-refractivity contribution is -0.139. The van der Waals surface area contributed by atoms with E-state index in [9.17, 15) is 9.59 Å². The van der Waals surface area contributed by atoms with Crippen molar-refractivity contribution >= 4 is 11.8 Å². The molecule has 1 aromatic rings. The van der Waals surface area contributed by atoms with E-state index in [1.165, 1.54) is 24.0 Å². The first-order valence-electron chi connectivity index (χ1n) is 8.31. The Morgan fingerprint density at radius 1 is 1.17 bits per heavy atom. The van der Waals surface area contributed by atoms with Gasteiger partial charge < -0.3 is 15.4 Å². The van der Waals surface area contributed by atoms with Crippen LogP contribution < -0.4 is 10.6 Å². The molecule has 1 unspecified atom stereocenters. The van der Waals surface area contributed by atoms with E-state index in [4.69, 9.17) is 4.74 Å². The van der Waals surface area contributed by atoms with Crippen LogP contribution in [0.25, 0.3) is 0 Å². The van der Waals surface area contributed by atoms with Crippen LogP contribution >= 0.6 is 0 Å². The van der Waals surface area contributed by atoms with Crippen molar-refractivity contribution in [1.29, 1.82) is 0 Å². The van der Waals surface area contributed by atoms with Crippen molar-refractivity contribution in [1.82, 2.24) is 10.6 Å². The van der Waals surface area contributed by atoms with Gasteiger partial charge in [-0.3, -0.25) is 9.59 Å². The maximum Gasteiger partial charge on any atom is 0.309 e. The monoisotopic (exact) mass is 318 g/mol. The van der Waals surface area contributed by atoms with Gasteiger partial charge in [0.05, 0.1) is 6.04 Å². The summed E-state index contributed by atoms with van der Waals surface area (Å²) in [6.07, 6.45) is 5.41. The lowest BCUT2D eigenvalue weighted by atomic mass is 9.89. The molecule has 2 amide bonds. The van der Waals surface area contributed by atoms with Crippen LogP contribution in [-0.4, -0.2) is 32.1 Å². The zero-order chi connectivity index (χ0) is 16.7. The van der Waals surface area contributed by atoms with Crippen LogP contribution in [0.1, 0.15) is 48.9 Å². The Hall–Kier alpha value is -1.88. The molecule has 1 atom stereocenters. The number of fused-ring (bicyclic) bond motifs is 1. The van der Waals surface area contributed by atoms with E-state index in [0.717, 1.165) is 18.4 Å². The zero-order valence-electron chi connectivity index (χ0n) is 14.0. The third-order valence-corrected chi connectivity index (χ3v) is 4.24. The number of amides is 2. The van der Waals surface area contributed by atoms with Gasteiger partial charge in [0.25, 0.3) is 0 Å². The average molecular weight is 318 g/mol. The first-order valence-corrected chi connectivity index (χ1v) is 8.31. The van der Waals surface area contributed by atoms with Crippen molar-refractivity contribution in [2.75, 3.05) is 20.3 Å². The van der Waals surface area contributed by atoms with E-state index in [-0.39, 0.29) is 6.04 Å². The fraction of sp³-hybridized carbons (Fsp3) is 0.556. The maximum absolute atomic E-state index is 11.9. The summed E-state index contributed by atoms with van der Waals surface area (Å²) in [4.78, 5) is 23.7. The average Bonchev–Trinajstić information content (AvgIpc) is 2.58. The molecule has 0 aliphatic heterocycles. The van der Waals surface area contributed by atoms with E-state index in [0.29, 0.717) is 19.6 Å². The molecule has 1 aliphatic rings. The predicted octanol–water partition coefficient (Wildman–Crippen LogP) is 1.90. The number of ether oxygens (including phenoxy) is 1. The molecule has 5 nitrogen and oxygen atoms in total. The molecule has 0 saturated heterocycles. The SMILES string of the molecule is COCCCNC(=O)C(=O)NC(C)c1ccc2c(c1)CCCC2. The second-order valence-electron chi connectivity index (χ2n) is 6.03. The number of hydrogen-bond donors (Lipinski definition) is 2. The van der Waals surface area contributed by atoms with Gasteiger partial charge in [0.1, 0.15) is 0 Å². The molecule has 0 saturated carbocycles. The van der Waals surface area contributed by atoms with Gasteiger partial charge in [0.15, 0.2) is 0 Å². The molecule has 0 fully saturated rings. The zero-order valence-corrected chi connectivity index (χ0v) is 14.0. The number of aryl methyl sites for hydroxylation is 2. The molecule has 0 radical (unpaired) electrons. The summed E-state index contributed by atoms with van der Waals surface area (Å²) in [5.74, 6) is -1.18. The third-order valence-electron chi connectivity index (χ3n) is 4.24. The van der Waals surface area contributed by atoms with Gasteiger partial charge in [-0.25, -0.2) is 0 Å². The normalized spacial score (nSPS) is 14.7. The summed E-state index contributed by atoms with van der Waals surface area (Å²) in [6, 6.07) is 6.18. The second kappa shape index (κ2) is 8.67. The molecule has 2 rings (SSSR count). The number of rotatable bonds is 6. The Kier molecular flexibility index (Phi) is 6.59. The minimum atomic E-state index is -0.592. The topological polar surface area (TPSA) is 67.4 Å². The Morgan fingerprint density at radius 3 is 2.65 bits per heavy atom. The minimum Gasteiger partial charge on any atom is -0.385 e. The van der Waals surface area contributed by atoms with Crippen LogP contribution in [-0.2, 0) is 27.2 Å². The van der Waals surface area contributed by atoms with Gasteiger partial charge in [-0.15, -0.1) is 0 Å². The van der Waals surface area contributed by atoms with Crippen molar-refractivity contribution in [2.45, 2.75) is 45.1 Å². The largest absolute Gasteiger partial charge is 0.385 e. The summed E-state index contributed by atoms with van der Waals surface area (Å²) in [5.41, 5.74) is 3.83. The fourth-order valence-electron chi connectivity index (χ4n) is 2.87. The molecule has 0 heterocycles. The predicted molar refractivity (Wildman–Crippen MR) is 89.1 cm³/mol. The molecule has 0 spiro atoms. The van der Waals surface area contributed by atoms with Crippen LogP contribution in [0.4, 0.5) is 0 Å². The molecule has 126 valence electrons. The van der Waals surface area contributed by atoms with Crippen LogP contribution in [0.2, 0.25) is 0 Å². The van der Waals surface area contributed by atoms with Gasteiger partial charge in [0, 0.05) is 20.3 Å². The van der Waals surface area contributed by atoms with Crippen molar-refractivity contribution in [2.24, 2.45) is 0 Å². The lowest BCUT2D eigenvalue weighted by Crippen LogP contribution is -2.41. The number of benzene rings is 1. The molecule has 2 N–H and O–H groups in total. The molecule has 1 aliphatic carbocycles. The van der Waals surface area contributed by atoms with Crippen LogP contribution in [0.5, 0.6) is 0 Å². The van der Waals surface area contributed by atoms with E-state index in [1.54, 1.807) is 7.11 Å². The molecular formula is C18H26N2O3. The summed E-state index contributed by atoms with van der Waals surface area (Å²) >= 11 is 0. The maximum atomic E-state index is 11.9. The number of methoxy groups -OCH3 is 1. The number of hydrogen-bond acceptors (Lipinski definition) is 3. The second-order valence-corrected chi connectivity index (χ2v) is 6.03. The minimum absolute atomic E-state index is 0.181. The van der Waals surface area contributed by atoms with Crippen LogP contribution in [0.3, 0.4) is 0 Å². The van der Waals surface area contributed by atoms with Gasteiger partial charge in [-0.05, 0) is 55.7 Å². The van der Waals surface area contributed by atoms with E-state index in [1.807, 2.05) is 13.0 Å². The summed E-state index contributed by atoms with van der Waals surface area (Å²) < 4.78 is 4.90. The molecule has 1 aromatic carbocycles. The quantitative estimate of drug-likeness (QED) is 0.622.